The molecule has 2 amide bonds. The molecule has 2 atom stereocenters. The lowest BCUT2D eigenvalue weighted by Crippen LogP contribution is -2.45. The van der Waals surface area contributed by atoms with Crippen LogP contribution < -0.4 is 5.32 Å². The minimum Gasteiger partial charge on any atom is -0.367 e. The van der Waals surface area contributed by atoms with E-state index in [1.165, 1.54) is 18.2 Å². The number of carbonyl (C=O) groups is 2. The molecule has 0 aromatic carbocycles. The third-order valence-corrected chi connectivity index (χ3v) is 5.26. The molecule has 0 saturated heterocycles. The van der Waals surface area contributed by atoms with Gasteiger partial charge in [0.05, 0.1) is 19.0 Å². The van der Waals surface area contributed by atoms with E-state index in [2.05, 4.69) is 15.5 Å². The lowest BCUT2D eigenvalue weighted by Gasteiger charge is -2.32. The number of amides is 2. The predicted octanol–water partition coefficient (Wildman–Crippen LogP) is 2.51. The fourth-order valence-electron chi connectivity index (χ4n) is 3.92. The summed E-state index contributed by atoms with van der Waals surface area (Å²) in [7, 11) is 0. The Balaban J connectivity index is 2.02. The van der Waals surface area contributed by atoms with E-state index in [1.807, 2.05) is 0 Å². The molecule has 0 radical (unpaired) electrons. The van der Waals surface area contributed by atoms with Gasteiger partial charge in [-0.25, -0.2) is 9.45 Å². The fourth-order valence-corrected chi connectivity index (χ4v) is 3.92. The normalized spacial score (nSPS) is 16.7. The van der Waals surface area contributed by atoms with Crippen LogP contribution in [0.2, 0.25) is 0 Å². The molecule has 0 spiro atoms. The standard InChI is InChI=1S/C20H32FN5O3/c1-16(21)13-25(11-10-22-19-8-5-9-23-24-19)20(28)18(14-26(29)15-27)12-17-6-3-2-4-7-17/h5,8-9,15-18,29H,2-4,6-7,10-14H2,1H3,(H,22,24)/t16-,18?/m1/s1. The molecule has 29 heavy (non-hydrogen) atoms. The van der Waals surface area contributed by atoms with Crippen LogP contribution in [0.3, 0.4) is 0 Å². The number of alkyl halides is 1. The van der Waals surface area contributed by atoms with E-state index >= 15 is 0 Å². The monoisotopic (exact) mass is 409 g/mol. The second kappa shape index (κ2) is 12.3. The number of carbonyl (C=O) groups excluding carboxylic acids is 2. The van der Waals surface area contributed by atoms with Gasteiger partial charge in [0, 0.05) is 19.3 Å². The van der Waals surface area contributed by atoms with Crippen LogP contribution >= 0.6 is 0 Å². The van der Waals surface area contributed by atoms with Gasteiger partial charge >= 0.3 is 0 Å². The Hall–Kier alpha value is -2.29. The van der Waals surface area contributed by atoms with Crippen LogP contribution in [0.5, 0.6) is 0 Å². The van der Waals surface area contributed by atoms with Crippen LogP contribution in [-0.4, -0.2) is 70.0 Å². The zero-order valence-corrected chi connectivity index (χ0v) is 17.0. The summed E-state index contributed by atoms with van der Waals surface area (Å²) in [5.74, 6) is 0.181. The molecule has 162 valence electrons. The molecule has 9 heteroatoms. The highest BCUT2D eigenvalue weighted by Gasteiger charge is 2.30. The van der Waals surface area contributed by atoms with Gasteiger partial charge in [-0.1, -0.05) is 32.1 Å². The third-order valence-electron chi connectivity index (χ3n) is 5.26. The number of anilines is 1. The van der Waals surface area contributed by atoms with Crippen molar-refractivity contribution in [2.24, 2.45) is 11.8 Å². The van der Waals surface area contributed by atoms with Gasteiger partial charge in [-0.2, -0.15) is 5.10 Å². The Morgan fingerprint density at radius 3 is 2.76 bits per heavy atom. The molecule has 1 unspecified atom stereocenters. The summed E-state index contributed by atoms with van der Waals surface area (Å²) >= 11 is 0. The zero-order chi connectivity index (χ0) is 21.1. The fraction of sp³-hybridized carbons (Fsp3) is 0.700. The maximum absolute atomic E-state index is 13.8. The van der Waals surface area contributed by atoms with Crippen molar-refractivity contribution >= 4 is 18.1 Å². The highest BCUT2D eigenvalue weighted by molar-refractivity contribution is 5.79. The maximum atomic E-state index is 13.8. The molecular formula is C20H32FN5O3. The number of hydrogen-bond donors (Lipinski definition) is 2. The van der Waals surface area contributed by atoms with Crippen molar-refractivity contribution in [1.82, 2.24) is 20.2 Å². The van der Waals surface area contributed by atoms with Gasteiger partial charge in [-0.15, -0.1) is 5.10 Å². The summed E-state index contributed by atoms with van der Waals surface area (Å²) in [4.78, 5) is 25.6. The summed E-state index contributed by atoms with van der Waals surface area (Å²) < 4.78 is 13.8. The Kier molecular flexibility index (Phi) is 9.76. The number of rotatable bonds is 12. The van der Waals surface area contributed by atoms with Crippen molar-refractivity contribution in [1.29, 1.82) is 0 Å². The van der Waals surface area contributed by atoms with Gasteiger partial charge in [0.25, 0.3) is 0 Å². The molecule has 1 heterocycles. The summed E-state index contributed by atoms with van der Waals surface area (Å²) in [5.41, 5.74) is 0. The Morgan fingerprint density at radius 1 is 1.38 bits per heavy atom. The van der Waals surface area contributed by atoms with Gasteiger partial charge in [-0.3, -0.25) is 14.8 Å². The van der Waals surface area contributed by atoms with E-state index in [-0.39, 0.29) is 25.5 Å². The van der Waals surface area contributed by atoms with Crippen molar-refractivity contribution in [2.45, 2.75) is 51.6 Å². The minimum absolute atomic E-state index is 0.0331. The number of nitrogens with one attached hydrogen (secondary N) is 1. The predicted molar refractivity (Wildman–Crippen MR) is 107 cm³/mol. The van der Waals surface area contributed by atoms with Crippen LogP contribution in [0.4, 0.5) is 10.2 Å². The number of aromatic nitrogens is 2. The highest BCUT2D eigenvalue weighted by Crippen LogP contribution is 2.30. The van der Waals surface area contributed by atoms with Crippen molar-refractivity contribution < 1.29 is 19.2 Å². The number of hydroxylamine groups is 2. The third kappa shape index (κ3) is 8.31. The van der Waals surface area contributed by atoms with Crippen molar-refractivity contribution in [3.05, 3.63) is 18.3 Å². The summed E-state index contributed by atoms with van der Waals surface area (Å²) in [6.45, 7) is 1.99. The van der Waals surface area contributed by atoms with Crippen LogP contribution in [0.15, 0.2) is 18.3 Å². The van der Waals surface area contributed by atoms with Crippen LogP contribution in [0.1, 0.15) is 45.4 Å². The van der Waals surface area contributed by atoms with Gasteiger partial charge in [-0.05, 0) is 31.4 Å². The number of nitrogens with zero attached hydrogens (tertiary/aromatic N) is 4. The molecule has 1 aliphatic rings. The lowest BCUT2D eigenvalue weighted by atomic mass is 9.82. The molecule has 1 saturated carbocycles. The average molecular weight is 410 g/mol. The first-order valence-corrected chi connectivity index (χ1v) is 10.3. The quantitative estimate of drug-likeness (QED) is 0.313. The van der Waals surface area contributed by atoms with Crippen LogP contribution in [0.25, 0.3) is 0 Å². The smallest absolute Gasteiger partial charge is 0.233 e. The second-order valence-electron chi connectivity index (χ2n) is 7.76. The van der Waals surface area contributed by atoms with Gasteiger partial charge < -0.3 is 10.2 Å². The molecule has 2 rings (SSSR count). The van der Waals surface area contributed by atoms with Crippen LogP contribution in [0, 0.1) is 11.8 Å². The van der Waals surface area contributed by atoms with Crippen molar-refractivity contribution in [2.75, 3.05) is 31.5 Å². The van der Waals surface area contributed by atoms with E-state index in [0.29, 0.717) is 36.2 Å². The first-order chi connectivity index (χ1) is 14.0. The largest absolute Gasteiger partial charge is 0.367 e. The zero-order valence-electron chi connectivity index (χ0n) is 17.0. The molecule has 2 N–H and O–H groups in total. The first kappa shape index (κ1) is 23.0. The maximum Gasteiger partial charge on any atom is 0.233 e. The Bertz CT molecular complexity index is 613. The highest BCUT2D eigenvalue weighted by atomic mass is 19.1. The minimum atomic E-state index is -1.18. The van der Waals surface area contributed by atoms with Crippen LogP contribution in [-0.2, 0) is 9.59 Å². The van der Waals surface area contributed by atoms with Gasteiger partial charge in [0.2, 0.25) is 12.3 Å². The van der Waals surface area contributed by atoms with Gasteiger partial charge in [0.15, 0.2) is 0 Å². The summed E-state index contributed by atoms with van der Waals surface area (Å²) in [6.07, 6.45) is 6.85. The SMILES string of the molecule is C[C@@H](F)CN(CCNc1cccnn1)C(=O)C(CC1CCCCC1)CN(O)C=O. The number of halogens is 1. The average Bonchev–Trinajstić information content (AvgIpc) is 2.73. The molecule has 1 aliphatic carbocycles. The molecule has 1 aromatic heterocycles. The molecule has 1 fully saturated rings. The summed E-state index contributed by atoms with van der Waals surface area (Å²) in [5, 5.41) is 21.0. The van der Waals surface area contributed by atoms with Crippen molar-refractivity contribution in [3.63, 3.8) is 0 Å². The molecule has 0 bridgehead atoms. The molecule has 1 aromatic rings. The van der Waals surface area contributed by atoms with E-state index in [1.54, 1.807) is 18.3 Å². The summed E-state index contributed by atoms with van der Waals surface area (Å²) in [6, 6.07) is 3.51. The van der Waals surface area contributed by atoms with Gasteiger partial charge in [0.1, 0.15) is 12.0 Å². The Morgan fingerprint density at radius 2 is 2.14 bits per heavy atom. The Labute approximate surface area is 171 Å². The van der Waals surface area contributed by atoms with E-state index in [4.69, 9.17) is 0 Å². The first-order valence-electron chi connectivity index (χ1n) is 10.3. The van der Waals surface area contributed by atoms with E-state index in [9.17, 15) is 19.2 Å². The lowest BCUT2D eigenvalue weighted by molar-refractivity contribution is -0.157. The molecule has 0 aliphatic heterocycles. The topological polar surface area (TPSA) is 98.7 Å². The van der Waals surface area contributed by atoms with Crippen molar-refractivity contribution in [3.8, 4) is 0 Å². The molecular weight excluding hydrogens is 377 g/mol. The van der Waals surface area contributed by atoms with E-state index < -0.39 is 12.1 Å². The number of hydrogen-bond acceptors (Lipinski definition) is 6. The second-order valence-corrected chi connectivity index (χ2v) is 7.76. The van der Waals surface area contributed by atoms with E-state index in [0.717, 1.165) is 25.7 Å². The molecule has 8 nitrogen and oxygen atoms in total.